The van der Waals surface area contributed by atoms with Crippen LogP contribution in [0.25, 0.3) is 0 Å². The molecule has 0 atom stereocenters. The molecule has 1 amide bonds. The Balaban J connectivity index is 2.08. The molecule has 0 unspecified atom stereocenters. The third-order valence-corrected chi connectivity index (χ3v) is 2.88. The van der Waals surface area contributed by atoms with E-state index in [0.29, 0.717) is 11.9 Å². The Morgan fingerprint density at radius 3 is 2.94 bits per heavy atom. The minimum Gasteiger partial charge on any atom is -0.454 e. The summed E-state index contributed by atoms with van der Waals surface area (Å²) in [6.45, 7) is 0.843. The van der Waals surface area contributed by atoms with Gasteiger partial charge in [0.15, 0.2) is 11.5 Å². The van der Waals surface area contributed by atoms with Gasteiger partial charge in [-0.1, -0.05) is 22.0 Å². The molecule has 1 heterocycles. The fourth-order valence-electron chi connectivity index (χ4n) is 1.50. The molecule has 0 N–H and O–H groups in total. The standard InChI is InChI=1S/C11H12BrNO3/c1-13(11(14)5-12)6-8-2-3-9-10(4-8)16-7-15-9/h2-4H,5-7H2,1H3. The van der Waals surface area contributed by atoms with Crippen molar-refractivity contribution in [2.45, 2.75) is 6.54 Å². The zero-order valence-electron chi connectivity index (χ0n) is 8.90. The number of alkyl halides is 1. The van der Waals surface area contributed by atoms with Crippen molar-refractivity contribution in [2.24, 2.45) is 0 Å². The van der Waals surface area contributed by atoms with Gasteiger partial charge in [-0.05, 0) is 17.7 Å². The molecular formula is C11H12BrNO3. The number of fused-ring (bicyclic) bond motifs is 1. The molecule has 0 spiro atoms. The molecule has 16 heavy (non-hydrogen) atoms. The number of amides is 1. The van der Waals surface area contributed by atoms with Crippen LogP contribution in [0.3, 0.4) is 0 Å². The highest BCUT2D eigenvalue weighted by Gasteiger charge is 2.14. The van der Waals surface area contributed by atoms with E-state index in [1.165, 1.54) is 0 Å². The van der Waals surface area contributed by atoms with E-state index >= 15 is 0 Å². The molecule has 0 aromatic heterocycles. The number of carbonyl (C=O) groups excluding carboxylic acids is 1. The van der Waals surface area contributed by atoms with Crippen molar-refractivity contribution in [2.75, 3.05) is 19.2 Å². The van der Waals surface area contributed by atoms with E-state index in [9.17, 15) is 4.79 Å². The second-order valence-corrected chi connectivity index (χ2v) is 4.13. The molecule has 0 aliphatic carbocycles. The third-order valence-electron chi connectivity index (χ3n) is 2.40. The smallest absolute Gasteiger partial charge is 0.233 e. The summed E-state index contributed by atoms with van der Waals surface area (Å²) in [5.41, 5.74) is 1.03. The summed E-state index contributed by atoms with van der Waals surface area (Å²) in [6, 6.07) is 5.70. The van der Waals surface area contributed by atoms with E-state index in [2.05, 4.69) is 15.9 Å². The van der Waals surface area contributed by atoms with Gasteiger partial charge in [-0.15, -0.1) is 0 Å². The molecule has 5 heteroatoms. The first-order valence-electron chi connectivity index (χ1n) is 4.89. The maximum atomic E-state index is 11.4. The molecule has 86 valence electrons. The molecule has 0 fully saturated rings. The zero-order valence-corrected chi connectivity index (χ0v) is 10.5. The number of hydrogen-bond acceptors (Lipinski definition) is 3. The second-order valence-electron chi connectivity index (χ2n) is 3.57. The molecule has 1 aromatic carbocycles. The summed E-state index contributed by atoms with van der Waals surface area (Å²) >= 11 is 3.14. The molecule has 1 aromatic rings. The Kier molecular flexibility index (Phi) is 3.33. The highest BCUT2D eigenvalue weighted by molar-refractivity contribution is 9.09. The van der Waals surface area contributed by atoms with Gasteiger partial charge in [-0.3, -0.25) is 4.79 Å². The Labute approximate surface area is 102 Å². The van der Waals surface area contributed by atoms with Gasteiger partial charge in [-0.25, -0.2) is 0 Å². The summed E-state index contributed by atoms with van der Waals surface area (Å²) in [6.07, 6.45) is 0. The molecule has 0 saturated heterocycles. The SMILES string of the molecule is CN(Cc1ccc2c(c1)OCO2)C(=O)CBr. The average Bonchev–Trinajstić information content (AvgIpc) is 2.75. The molecule has 0 bridgehead atoms. The van der Waals surface area contributed by atoms with Gasteiger partial charge in [-0.2, -0.15) is 0 Å². The predicted molar refractivity (Wildman–Crippen MR) is 62.8 cm³/mol. The van der Waals surface area contributed by atoms with Gasteiger partial charge in [0.05, 0.1) is 5.33 Å². The van der Waals surface area contributed by atoms with Crippen LogP contribution in [0.15, 0.2) is 18.2 Å². The second kappa shape index (κ2) is 4.74. The molecule has 2 rings (SSSR count). The predicted octanol–water partition coefficient (Wildman–Crippen LogP) is 1.77. The van der Waals surface area contributed by atoms with Crippen molar-refractivity contribution in [3.63, 3.8) is 0 Å². The number of halogens is 1. The van der Waals surface area contributed by atoms with Crippen LogP contribution in [0.4, 0.5) is 0 Å². The van der Waals surface area contributed by atoms with E-state index in [0.717, 1.165) is 17.1 Å². The van der Waals surface area contributed by atoms with Crippen LogP contribution in [0, 0.1) is 0 Å². The van der Waals surface area contributed by atoms with Gasteiger partial charge in [0.2, 0.25) is 12.7 Å². The van der Waals surface area contributed by atoms with Gasteiger partial charge >= 0.3 is 0 Å². The van der Waals surface area contributed by atoms with Crippen molar-refractivity contribution in [1.82, 2.24) is 4.90 Å². The minimum atomic E-state index is 0.0534. The summed E-state index contributed by atoms with van der Waals surface area (Å²) in [5, 5.41) is 0.341. The van der Waals surface area contributed by atoms with Crippen LogP contribution < -0.4 is 9.47 Å². The van der Waals surface area contributed by atoms with Crippen molar-refractivity contribution in [1.29, 1.82) is 0 Å². The van der Waals surface area contributed by atoms with Crippen LogP contribution >= 0.6 is 15.9 Å². The minimum absolute atomic E-state index is 0.0534. The first-order chi connectivity index (χ1) is 7.70. The Morgan fingerprint density at radius 2 is 2.19 bits per heavy atom. The lowest BCUT2D eigenvalue weighted by Crippen LogP contribution is -2.26. The van der Waals surface area contributed by atoms with Gasteiger partial charge in [0.25, 0.3) is 0 Å². The molecule has 0 saturated carbocycles. The highest BCUT2D eigenvalue weighted by atomic mass is 79.9. The lowest BCUT2D eigenvalue weighted by atomic mass is 10.2. The lowest BCUT2D eigenvalue weighted by molar-refractivity contribution is -0.127. The monoisotopic (exact) mass is 285 g/mol. The number of nitrogens with zero attached hydrogens (tertiary/aromatic N) is 1. The number of carbonyl (C=O) groups is 1. The number of hydrogen-bond donors (Lipinski definition) is 0. The van der Waals surface area contributed by atoms with Crippen LogP contribution in [-0.4, -0.2) is 30.0 Å². The van der Waals surface area contributed by atoms with Crippen LogP contribution in [0.5, 0.6) is 11.5 Å². The van der Waals surface area contributed by atoms with Crippen molar-refractivity contribution < 1.29 is 14.3 Å². The fourth-order valence-corrected chi connectivity index (χ4v) is 1.93. The van der Waals surface area contributed by atoms with Crippen LogP contribution in [0.1, 0.15) is 5.56 Å². The van der Waals surface area contributed by atoms with Crippen LogP contribution in [-0.2, 0) is 11.3 Å². The van der Waals surface area contributed by atoms with E-state index in [1.807, 2.05) is 18.2 Å². The maximum absolute atomic E-state index is 11.4. The average molecular weight is 286 g/mol. The number of rotatable bonds is 3. The molecule has 1 aliphatic rings. The van der Waals surface area contributed by atoms with Gasteiger partial charge in [0, 0.05) is 13.6 Å². The highest BCUT2D eigenvalue weighted by Crippen LogP contribution is 2.32. The topological polar surface area (TPSA) is 38.8 Å². The maximum Gasteiger partial charge on any atom is 0.233 e. The van der Waals surface area contributed by atoms with Crippen molar-refractivity contribution >= 4 is 21.8 Å². The normalized spacial score (nSPS) is 12.6. The van der Waals surface area contributed by atoms with Gasteiger partial charge < -0.3 is 14.4 Å². The van der Waals surface area contributed by atoms with Crippen LogP contribution in [0.2, 0.25) is 0 Å². The Hall–Kier alpha value is -1.23. The van der Waals surface area contributed by atoms with E-state index in [4.69, 9.17) is 9.47 Å². The Morgan fingerprint density at radius 1 is 1.44 bits per heavy atom. The molecule has 4 nitrogen and oxygen atoms in total. The summed E-state index contributed by atoms with van der Waals surface area (Å²) in [4.78, 5) is 13.0. The number of benzene rings is 1. The zero-order chi connectivity index (χ0) is 11.5. The largest absolute Gasteiger partial charge is 0.454 e. The third kappa shape index (κ3) is 2.29. The van der Waals surface area contributed by atoms with E-state index in [-0.39, 0.29) is 12.7 Å². The first kappa shape index (κ1) is 11.3. The fraction of sp³-hybridized carbons (Fsp3) is 0.364. The molecular weight excluding hydrogens is 274 g/mol. The van der Waals surface area contributed by atoms with Crippen molar-refractivity contribution in [3.05, 3.63) is 23.8 Å². The van der Waals surface area contributed by atoms with E-state index < -0.39 is 0 Å². The summed E-state index contributed by atoms with van der Waals surface area (Å²) in [5.74, 6) is 1.56. The lowest BCUT2D eigenvalue weighted by Gasteiger charge is -2.15. The van der Waals surface area contributed by atoms with Crippen molar-refractivity contribution in [3.8, 4) is 11.5 Å². The molecule has 1 aliphatic heterocycles. The molecule has 0 radical (unpaired) electrons. The summed E-state index contributed by atoms with van der Waals surface area (Å²) < 4.78 is 10.5. The first-order valence-corrected chi connectivity index (χ1v) is 6.01. The van der Waals surface area contributed by atoms with Gasteiger partial charge in [0.1, 0.15) is 0 Å². The summed E-state index contributed by atoms with van der Waals surface area (Å²) in [7, 11) is 1.77. The quantitative estimate of drug-likeness (QED) is 0.795. The van der Waals surface area contributed by atoms with E-state index in [1.54, 1.807) is 11.9 Å². The number of ether oxygens (including phenoxy) is 2. The Bertz CT molecular complexity index is 408.